The van der Waals surface area contributed by atoms with E-state index in [2.05, 4.69) is 25.5 Å². The van der Waals surface area contributed by atoms with Crippen LogP contribution in [0.25, 0.3) is 11.4 Å². The molecule has 0 radical (unpaired) electrons. The lowest BCUT2D eigenvalue weighted by Crippen LogP contribution is -2.25. The number of halogens is 1. The molecule has 4 rings (SSSR count). The van der Waals surface area contributed by atoms with Crippen molar-refractivity contribution in [3.05, 3.63) is 66.0 Å². The molecule has 3 aromatic rings. The molecule has 2 heterocycles. The van der Waals surface area contributed by atoms with E-state index in [-0.39, 0.29) is 30.1 Å². The molecule has 0 spiro atoms. The summed E-state index contributed by atoms with van der Waals surface area (Å²) < 4.78 is 13.0. The second kappa shape index (κ2) is 6.43. The first-order chi connectivity index (χ1) is 12.2. The quantitative estimate of drug-likeness (QED) is 0.749. The highest BCUT2D eigenvalue weighted by molar-refractivity contribution is 5.82. The number of hydrogen-bond donors (Lipinski definition) is 2. The Morgan fingerprint density at radius 1 is 1.28 bits per heavy atom. The largest absolute Gasteiger partial charge is 0.349 e. The van der Waals surface area contributed by atoms with Crippen LogP contribution in [0.5, 0.6) is 0 Å². The van der Waals surface area contributed by atoms with E-state index in [1.807, 2.05) is 18.3 Å². The molecule has 0 aliphatic heterocycles. The number of pyridine rings is 1. The molecule has 0 saturated heterocycles. The zero-order valence-corrected chi connectivity index (χ0v) is 13.3. The molecular weight excluding hydrogens is 321 g/mol. The van der Waals surface area contributed by atoms with Crippen molar-refractivity contribution in [2.75, 3.05) is 0 Å². The van der Waals surface area contributed by atoms with Crippen molar-refractivity contribution >= 4 is 5.91 Å². The second-order valence-electron chi connectivity index (χ2n) is 6.07. The zero-order valence-electron chi connectivity index (χ0n) is 13.3. The van der Waals surface area contributed by atoms with E-state index < -0.39 is 0 Å². The summed E-state index contributed by atoms with van der Waals surface area (Å²) >= 11 is 0. The van der Waals surface area contributed by atoms with Gasteiger partial charge in [0.05, 0.1) is 6.54 Å². The van der Waals surface area contributed by atoms with Crippen LogP contribution < -0.4 is 5.32 Å². The number of amides is 1. The number of carbonyl (C=O) groups is 1. The summed E-state index contributed by atoms with van der Waals surface area (Å²) in [5, 5.41) is 9.78. The highest BCUT2D eigenvalue weighted by Crippen LogP contribution is 2.47. The Balaban J connectivity index is 1.33. The van der Waals surface area contributed by atoms with Gasteiger partial charge in [0, 0.05) is 23.9 Å². The SMILES string of the molecule is O=C(NCc1nc(-c2ccc(F)cc2)n[nH]1)[C@H]1C[C@@H]1c1cccnc1. The molecule has 2 atom stereocenters. The summed E-state index contributed by atoms with van der Waals surface area (Å²) in [6.45, 7) is 0.281. The van der Waals surface area contributed by atoms with E-state index in [0.29, 0.717) is 17.2 Å². The van der Waals surface area contributed by atoms with Crippen LogP contribution >= 0.6 is 0 Å². The summed E-state index contributed by atoms with van der Waals surface area (Å²) in [4.78, 5) is 20.7. The molecule has 1 aliphatic carbocycles. The van der Waals surface area contributed by atoms with Crippen LogP contribution in [0.4, 0.5) is 4.39 Å². The number of H-pyrrole nitrogens is 1. The number of nitrogens with zero attached hydrogens (tertiary/aromatic N) is 3. The molecular formula is C18H16FN5O. The van der Waals surface area contributed by atoms with Crippen LogP contribution in [0.15, 0.2) is 48.8 Å². The summed E-state index contributed by atoms with van der Waals surface area (Å²) in [6.07, 6.45) is 4.38. The topological polar surface area (TPSA) is 83.6 Å². The molecule has 1 saturated carbocycles. The van der Waals surface area contributed by atoms with Gasteiger partial charge >= 0.3 is 0 Å². The van der Waals surface area contributed by atoms with E-state index >= 15 is 0 Å². The number of nitrogens with one attached hydrogen (secondary N) is 2. The fourth-order valence-corrected chi connectivity index (χ4v) is 2.85. The fraction of sp³-hybridized carbons (Fsp3) is 0.222. The monoisotopic (exact) mass is 337 g/mol. The average Bonchev–Trinajstić information content (AvgIpc) is 3.32. The molecule has 2 N–H and O–H groups in total. The summed E-state index contributed by atoms with van der Waals surface area (Å²) in [6, 6.07) is 9.83. The van der Waals surface area contributed by atoms with Crippen LogP contribution in [-0.4, -0.2) is 26.1 Å². The lowest BCUT2D eigenvalue weighted by Gasteiger charge is -2.02. The van der Waals surface area contributed by atoms with E-state index in [1.165, 1.54) is 12.1 Å². The maximum atomic E-state index is 13.0. The van der Waals surface area contributed by atoms with Gasteiger partial charge in [0.25, 0.3) is 0 Å². The van der Waals surface area contributed by atoms with Crippen molar-refractivity contribution < 1.29 is 9.18 Å². The predicted octanol–water partition coefficient (Wildman–Crippen LogP) is 2.43. The van der Waals surface area contributed by atoms with E-state index in [4.69, 9.17) is 0 Å². The van der Waals surface area contributed by atoms with Crippen molar-refractivity contribution in [1.29, 1.82) is 0 Å². The molecule has 1 fully saturated rings. The molecule has 1 aliphatic rings. The maximum absolute atomic E-state index is 13.0. The summed E-state index contributed by atoms with van der Waals surface area (Å²) in [7, 11) is 0. The van der Waals surface area contributed by atoms with Gasteiger partial charge in [-0.2, -0.15) is 5.10 Å². The van der Waals surface area contributed by atoms with Gasteiger partial charge in [-0.15, -0.1) is 0 Å². The molecule has 1 amide bonds. The van der Waals surface area contributed by atoms with Crippen LogP contribution in [0.1, 0.15) is 23.7 Å². The van der Waals surface area contributed by atoms with Crippen molar-refractivity contribution in [3.8, 4) is 11.4 Å². The normalized spacial score (nSPS) is 18.8. The molecule has 126 valence electrons. The molecule has 0 unspecified atom stereocenters. The second-order valence-corrected chi connectivity index (χ2v) is 6.07. The van der Waals surface area contributed by atoms with Crippen molar-refractivity contribution in [2.45, 2.75) is 18.9 Å². The van der Waals surface area contributed by atoms with Crippen molar-refractivity contribution in [3.63, 3.8) is 0 Å². The zero-order chi connectivity index (χ0) is 17.2. The average molecular weight is 337 g/mol. The minimum Gasteiger partial charge on any atom is -0.349 e. The van der Waals surface area contributed by atoms with Crippen LogP contribution in [0, 0.1) is 11.7 Å². The first kappa shape index (κ1) is 15.4. The van der Waals surface area contributed by atoms with Gasteiger partial charge in [-0.3, -0.25) is 14.9 Å². The van der Waals surface area contributed by atoms with Gasteiger partial charge in [0.2, 0.25) is 5.91 Å². The van der Waals surface area contributed by atoms with E-state index in [9.17, 15) is 9.18 Å². The predicted molar refractivity (Wildman–Crippen MR) is 88.7 cm³/mol. The van der Waals surface area contributed by atoms with Crippen molar-refractivity contribution in [1.82, 2.24) is 25.5 Å². The summed E-state index contributed by atoms with van der Waals surface area (Å²) in [5.41, 5.74) is 1.81. The Morgan fingerprint density at radius 3 is 2.88 bits per heavy atom. The molecule has 7 heteroatoms. The molecule has 1 aromatic carbocycles. The lowest BCUT2D eigenvalue weighted by molar-refractivity contribution is -0.122. The van der Waals surface area contributed by atoms with Crippen LogP contribution in [0.3, 0.4) is 0 Å². The fourth-order valence-electron chi connectivity index (χ4n) is 2.85. The minimum absolute atomic E-state index is 0.00795. The lowest BCUT2D eigenvalue weighted by atomic mass is 10.1. The number of hydrogen-bond acceptors (Lipinski definition) is 4. The Morgan fingerprint density at radius 2 is 2.12 bits per heavy atom. The summed E-state index contributed by atoms with van der Waals surface area (Å²) in [5.74, 6) is 0.977. The number of aromatic nitrogens is 4. The highest BCUT2D eigenvalue weighted by Gasteiger charge is 2.43. The minimum atomic E-state index is -0.306. The van der Waals surface area contributed by atoms with E-state index in [0.717, 1.165) is 12.0 Å². The molecule has 6 nitrogen and oxygen atoms in total. The molecule has 2 aromatic heterocycles. The maximum Gasteiger partial charge on any atom is 0.224 e. The first-order valence-corrected chi connectivity index (χ1v) is 8.05. The van der Waals surface area contributed by atoms with Crippen molar-refractivity contribution in [2.24, 2.45) is 5.92 Å². The highest BCUT2D eigenvalue weighted by atomic mass is 19.1. The number of benzene rings is 1. The van der Waals surface area contributed by atoms with Gasteiger partial charge in [-0.05, 0) is 48.2 Å². The Hall–Kier alpha value is -3.09. The molecule has 0 bridgehead atoms. The standard InChI is InChI=1S/C18H16FN5O/c19-13-5-3-11(4-6-13)17-22-16(23-24-17)10-21-18(25)15-8-14(15)12-2-1-7-20-9-12/h1-7,9,14-15H,8,10H2,(H,21,25)(H,22,23,24)/t14-,15+/m1/s1. The Kier molecular flexibility index (Phi) is 3.97. The first-order valence-electron chi connectivity index (χ1n) is 8.05. The van der Waals surface area contributed by atoms with Gasteiger partial charge in [0.1, 0.15) is 11.6 Å². The van der Waals surface area contributed by atoms with Gasteiger partial charge in [-0.1, -0.05) is 6.07 Å². The van der Waals surface area contributed by atoms with Crippen LogP contribution in [-0.2, 0) is 11.3 Å². The van der Waals surface area contributed by atoms with Gasteiger partial charge in [0.15, 0.2) is 5.82 Å². The third-order valence-electron chi connectivity index (χ3n) is 4.30. The number of carbonyl (C=O) groups excluding carboxylic acids is 1. The third-order valence-corrected chi connectivity index (χ3v) is 4.30. The number of aromatic amines is 1. The van der Waals surface area contributed by atoms with Gasteiger partial charge in [-0.25, -0.2) is 9.37 Å². The Bertz CT molecular complexity index is 878. The van der Waals surface area contributed by atoms with Gasteiger partial charge < -0.3 is 5.32 Å². The molecule has 25 heavy (non-hydrogen) atoms. The van der Waals surface area contributed by atoms with E-state index in [1.54, 1.807) is 18.3 Å². The smallest absolute Gasteiger partial charge is 0.224 e. The third kappa shape index (κ3) is 3.40. The van der Waals surface area contributed by atoms with Crippen LogP contribution in [0.2, 0.25) is 0 Å². The number of rotatable bonds is 5. The Labute approximate surface area is 143 Å².